The topological polar surface area (TPSA) is 0 Å². The molecule has 0 aromatic carbocycles. The zero-order chi connectivity index (χ0) is 17.0. The smallest absolute Gasteiger partial charge is 0.126 e. The van der Waals surface area contributed by atoms with Gasteiger partial charge < -0.3 is 0 Å². The van der Waals surface area contributed by atoms with E-state index in [0.717, 1.165) is 9.52 Å². The molecule has 23 heavy (non-hydrogen) atoms. The number of fused-ring (bicyclic) bond motifs is 3. The van der Waals surface area contributed by atoms with Crippen molar-refractivity contribution in [1.29, 1.82) is 0 Å². The van der Waals surface area contributed by atoms with Crippen LogP contribution in [0.4, 0.5) is 0 Å². The molecule has 124 valence electrons. The maximum atomic E-state index is 2.37. The highest BCUT2D eigenvalue weighted by Crippen LogP contribution is 2.44. The summed E-state index contributed by atoms with van der Waals surface area (Å²) in [7, 11) is 0.882. The molecule has 0 spiro atoms. The Morgan fingerprint density at radius 2 is 0.913 bits per heavy atom. The van der Waals surface area contributed by atoms with Crippen LogP contribution in [0.1, 0.15) is 99.9 Å². The van der Waals surface area contributed by atoms with E-state index in [1.54, 1.807) is 41.0 Å². The van der Waals surface area contributed by atoms with E-state index in [9.17, 15) is 0 Å². The van der Waals surface area contributed by atoms with E-state index >= 15 is 0 Å². The Morgan fingerprint density at radius 1 is 0.565 bits per heavy atom. The number of thiophene rings is 2. The lowest BCUT2D eigenvalue weighted by Gasteiger charge is -2.14. The van der Waals surface area contributed by atoms with Crippen molar-refractivity contribution in [2.24, 2.45) is 0 Å². The molecule has 3 rings (SSSR count). The maximum absolute atomic E-state index is 2.37. The van der Waals surface area contributed by atoms with E-state index in [-0.39, 0.29) is 0 Å². The molecule has 1 aliphatic rings. The molecular formula is C20H28S2Si. The second kappa shape index (κ2) is 6.16. The lowest BCUT2D eigenvalue weighted by molar-refractivity contribution is 0.813. The van der Waals surface area contributed by atoms with Gasteiger partial charge in [0.1, 0.15) is 9.52 Å². The molecule has 0 unspecified atom stereocenters. The molecule has 3 heterocycles. The van der Waals surface area contributed by atoms with E-state index in [1.807, 2.05) is 0 Å². The minimum atomic E-state index is 0.640. The molecule has 0 saturated heterocycles. The average Bonchev–Trinajstić information content (AvgIpc) is 3.03. The van der Waals surface area contributed by atoms with Crippen LogP contribution >= 0.6 is 22.7 Å². The van der Waals surface area contributed by atoms with Crippen molar-refractivity contribution >= 4 is 42.6 Å². The summed E-state index contributed by atoms with van der Waals surface area (Å²) in [5.74, 6) is 2.57. The van der Waals surface area contributed by atoms with Gasteiger partial charge in [0.05, 0.1) is 0 Å². The van der Waals surface area contributed by atoms with Gasteiger partial charge in [0.15, 0.2) is 0 Å². The minimum Gasteiger partial charge on any atom is -0.139 e. The Kier molecular flexibility index (Phi) is 4.67. The number of hydrogen-bond acceptors (Lipinski definition) is 2. The van der Waals surface area contributed by atoms with Gasteiger partial charge in [0.2, 0.25) is 0 Å². The summed E-state index contributed by atoms with van der Waals surface area (Å²) in [5.41, 5.74) is 3.34. The van der Waals surface area contributed by atoms with Crippen molar-refractivity contribution in [2.45, 2.75) is 79.1 Å². The average molecular weight is 361 g/mol. The molecule has 0 saturated carbocycles. The fourth-order valence-corrected chi connectivity index (χ4v) is 9.31. The second-order valence-corrected chi connectivity index (χ2v) is 11.3. The molecule has 1 aliphatic heterocycles. The lowest BCUT2D eigenvalue weighted by Crippen LogP contribution is -2.27. The van der Waals surface area contributed by atoms with Crippen LogP contribution in [-0.4, -0.2) is 9.52 Å². The number of hydrogen-bond donors (Lipinski definition) is 0. The highest BCUT2D eigenvalue weighted by atomic mass is 32.1. The Morgan fingerprint density at radius 3 is 1.17 bits per heavy atom. The van der Waals surface area contributed by atoms with Gasteiger partial charge in [-0.25, -0.2) is 0 Å². The molecule has 0 amide bonds. The molecule has 0 nitrogen and oxygen atoms in total. The first-order valence-electron chi connectivity index (χ1n) is 8.84. The SMILES string of the molecule is CC(C)c1sc2c(c1C(C)C)[Si]c1c-2sc(C(C)C)c1C(C)C. The van der Waals surface area contributed by atoms with Gasteiger partial charge in [0.25, 0.3) is 0 Å². The summed E-state index contributed by atoms with van der Waals surface area (Å²) in [5, 5.41) is 3.37. The Labute approximate surface area is 152 Å². The monoisotopic (exact) mass is 360 g/mol. The van der Waals surface area contributed by atoms with Gasteiger partial charge in [-0.1, -0.05) is 55.4 Å². The van der Waals surface area contributed by atoms with Crippen molar-refractivity contribution in [3.63, 3.8) is 0 Å². The van der Waals surface area contributed by atoms with Crippen molar-refractivity contribution in [3.05, 3.63) is 20.9 Å². The van der Waals surface area contributed by atoms with Crippen LogP contribution in [0.25, 0.3) is 9.75 Å². The molecule has 3 heteroatoms. The van der Waals surface area contributed by atoms with E-state index in [0.29, 0.717) is 23.7 Å². The normalized spacial score (nSPS) is 13.7. The molecule has 0 fully saturated rings. The Balaban J connectivity index is 2.22. The third-order valence-corrected chi connectivity index (χ3v) is 9.68. The maximum Gasteiger partial charge on any atom is 0.126 e. The molecule has 0 bridgehead atoms. The van der Waals surface area contributed by atoms with Crippen LogP contribution in [0.15, 0.2) is 0 Å². The second-order valence-electron chi connectivity index (χ2n) is 7.91. The van der Waals surface area contributed by atoms with E-state index in [2.05, 4.69) is 78.1 Å². The first kappa shape index (κ1) is 17.4. The Bertz CT molecular complexity index is 667. The summed E-state index contributed by atoms with van der Waals surface area (Å²) in [6, 6.07) is 0. The van der Waals surface area contributed by atoms with E-state index in [1.165, 1.54) is 0 Å². The molecule has 0 aliphatic carbocycles. The summed E-state index contributed by atoms with van der Waals surface area (Å²) < 4.78 is 0. The van der Waals surface area contributed by atoms with E-state index in [4.69, 9.17) is 0 Å². The van der Waals surface area contributed by atoms with Crippen LogP contribution in [0, 0.1) is 0 Å². The zero-order valence-electron chi connectivity index (χ0n) is 15.6. The first-order valence-corrected chi connectivity index (χ1v) is 11.5. The van der Waals surface area contributed by atoms with Gasteiger partial charge in [-0.3, -0.25) is 0 Å². The fraction of sp³-hybridized carbons (Fsp3) is 0.600. The summed E-state index contributed by atoms with van der Waals surface area (Å²) in [6.45, 7) is 18.9. The van der Waals surface area contributed by atoms with Crippen LogP contribution in [-0.2, 0) is 0 Å². The van der Waals surface area contributed by atoms with Crippen LogP contribution in [0.2, 0.25) is 0 Å². The van der Waals surface area contributed by atoms with Crippen LogP contribution in [0.3, 0.4) is 0 Å². The molecule has 2 aromatic heterocycles. The molecular weight excluding hydrogens is 332 g/mol. The molecule has 2 radical (unpaired) electrons. The van der Waals surface area contributed by atoms with Crippen LogP contribution in [0.5, 0.6) is 0 Å². The van der Waals surface area contributed by atoms with Crippen molar-refractivity contribution in [2.75, 3.05) is 0 Å². The third kappa shape index (κ3) is 2.69. The van der Waals surface area contributed by atoms with Crippen molar-refractivity contribution < 1.29 is 0 Å². The summed E-state index contributed by atoms with van der Waals surface area (Å²) in [4.78, 5) is 6.50. The standard InChI is InChI=1S/C20H28S2Si/c1-9(2)13-15(11(5)6)21-17-18-20(23-19(13)17)14(10(3)4)16(22-18)12(7)8/h9-12H,1-8H3. The van der Waals surface area contributed by atoms with Crippen molar-refractivity contribution in [1.82, 2.24) is 0 Å². The van der Waals surface area contributed by atoms with Gasteiger partial charge in [-0.2, -0.15) is 0 Å². The minimum absolute atomic E-state index is 0.640. The molecule has 2 aromatic rings. The molecule has 0 N–H and O–H groups in total. The molecule has 0 atom stereocenters. The van der Waals surface area contributed by atoms with Crippen LogP contribution < -0.4 is 10.4 Å². The lowest BCUT2D eigenvalue weighted by atomic mass is 9.97. The fourth-order valence-electron chi connectivity index (χ4n) is 3.62. The highest BCUT2D eigenvalue weighted by molar-refractivity contribution is 7.26. The third-order valence-electron chi connectivity index (χ3n) is 4.61. The zero-order valence-corrected chi connectivity index (χ0v) is 18.3. The quantitative estimate of drug-likeness (QED) is 0.505. The predicted molar refractivity (Wildman–Crippen MR) is 109 cm³/mol. The largest absolute Gasteiger partial charge is 0.139 e. The van der Waals surface area contributed by atoms with Gasteiger partial charge in [-0.15, -0.1) is 22.7 Å². The van der Waals surface area contributed by atoms with E-state index < -0.39 is 0 Å². The van der Waals surface area contributed by atoms with Gasteiger partial charge in [0, 0.05) is 19.5 Å². The van der Waals surface area contributed by atoms with Gasteiger partial charge in [-0.05, 0) is 45.2 Å². The Hall–Kier alpha value is -0.383. The number of rotatable bonds is 4. The first-order chi connectivity index (χ1) is 10.7. The van der Waals surface area contributed by atoms with Crippen molar-refractivity contribution in [3.8, 4) is 9.75 Å². The summed E-state index contributed by atoms with van der Waals surface area (Å²) in [6.07, 6.45) is 0. The predicted octanol–water partition coefficient (Wildman–Crippen LogP) is 5.94. The highest BCUT2D eigenvalue weighted by Gasteiger charge is 2.34. The summed E-state index contributed by atoms with van der Waals surface area (Å²) >= 11 is 4.18. The van der Waals surface area contributed by atoms with Gasteiger partial charge >= 0.3 is 0 Å².